The van der Waals surface area contributed by atoms with Gasteiger partial charge in [0.2, 0.25) is 0 Å². The second kappa shape index (κ2) is 6.19. The lowest BCUT2D eigenvalue weighted by Crippen LogP contribution is -2.26. The van der Waals surface area contributed by atoms with E-state index in [0.29, 0.717) is 6.04 Å². The Balaban J connectivity index is 2.30. The third-order valence-corrected chi connectivity index (χ3v) is 3.63. The second-order valence-electron chi connectivity index (χ2n) is 5.04. The van der Waals surface area contributed by atoms with Crippen LogP contribution in [0.25, 0.3) is 0 Å². The molecule has 1 aromatic rings. The van der Waals surface area contributed by atoms with Crippen molar-refractivity contribution >= 4 is 0 Å². The summed E-state index contributed by atoms with van der Waals surface area (Å²) in [5.74, 6) is 0. The quantitative estimate of drug-likeness (QED) is 0.809. The molecule has 1 atom stereocenters. The molecule has 1 N–H and O–H groups in total. The van der Waals surface area contributed by atoms with Crippen LogP contribution in [0.5, 0.6) is 0 Å². The minimum atomic E-state index is 0.358. The summed E-state index contributed by atoms with van der Waals surface area (Å²) in [6.07, 6.45) is 7.56. The van der Waals surface area contributed by atoms with E-state index in [4.69, 9.17) is 0 Å². The summed E-state index contributed by atoms with van der Waals surface area (Å²) in [4.78, 5) is 0. The summed E-state index contributed by atoms with van der Waals surface area (Å²) in [6.45, 7) is 8.35. The van der Waals surface area contributed by atoms with Crippen LogP contribution in [0.15, 0.2) is 17.7 Å². The number of aromatic nitrogens is 2. The van der Waals surface area contributed by atoms with Gasteiger partial charge in [0.1, 0.15) is 0 Å². The molecule has 0 fully saturated rings. The summed E-state index contributed by atoms with van der Waals surface area (Å²) in [6, 6.07) is 2.59. The highest BCUT2D eigenvalue weighted by Crippen LogP contribution is 2.30. The van der Waals surface area contributed by atoms with E-state index in [1.165, 1.54) is 31.4 Å². The van der Waals surface area contributed by atoms with Crippen molar-refractivity contribution in [3.63, 3.8) is 0 Å². The van der Waals surface area contributed by atoms with Crippen molar-refractivity contribution in [1.82, 2.24) is 15.1 Å². The average molecular weight is 247 g/mol. The summed E-state index contributed by atoms with van der Waals surface area (Å²) in [5.41, 5.74) is 3.99. The number of aryl methyl sites for hydroxylation is 2. The average Bonchev–Trinajstić information content (AvgIpc) is 2.78. The summed E-state index contributed by atoms with van der Waals surface area (Å²) in [7, 11) is 0. The van der Waals surface area contributed by atoms with Gasteiger partial charge in [-0.2, -0.15) is 5.10 Å². The van der Waals surface area contributed by atoms with E-state index in [2.05, 4.69) is 48.0 Å². The van der Waals surface area contributed by atoms with Gasteiger partial charge in [0.15, 0.2) is 0 Å². The van der Waals surface area contributed by atoms with E-state index in [0.717, 1.165) is 18.8 Å². The highest BCUT2D eigenvalue weighted by molar-refractivity contribution is 5.25. The van der Waals surface area contributed by atoms with E-state index < -0.39 is 0 Å². The smallest absolute Gasteiger partial charge is 0.0707 e. The Morgan fingerprint density at radius 1 is 1.39 bits per heavy atom. The first-order valence-electron chi connectivity index (χ1n) is 7.23. The molecule has 1 aliphatic rings. The highest BCUT2D eigenvalue weighted by atomic mass is 15.3. The molecule has 2 rings (SSSR count). The number of rotatable bonds is 5. The van der Waals surface area contributed by atoms with E-state index in [9.17, 15) is 0 Å². The first-order valence-corrected chi connectivity index (χ1v) is 7.23. The molecule has 0 saturated carbocycles. The lowest BCUT2D eigenvalue weighted by atomic mass is 9.92. The van der Waals surface area contributed by atoms with Crippen molar-refractivity contribution in [3.05, 3.63) is 29.1 Å². The molecule has 1 unspecified atom stereocenters. The predicted molar refractivity (Wildman–Crippen MR) is 75.6 cm³/mol. The Hall–Kier alpha value is -1.09. The van der Waals surface area contributed by atoms with Gasteiger partial charge in [-0.1, -0.05) is 18.6 Å². The number of hydrogen-bond donors (Lipinski definition) is 1. The molecule has 100 valence electrons. The third-order valence-electron chi connectivity index (χ3n) is 3.63. The highest BCUT2D eigenvalue weighted by Gasteiger charge is 2.21. The molecule has 18 heavy (non-hydrogen) atoms. The lowest BCUT2D eigenvalue weighted by molar-refractivity contribution is 0.510. The first kappa shape index (κ1) is 13.3. The van der Waals surface area contributed by atoms with Crippen molar-refractivity contribution in [2.24, 2.45) is 0 Å². The topological polar surface area (TPSA) is 29.9 Å². The van der Waals surface area contributed by atoms with Crippen molar-refractivity contribution in [2.45, 2.75) is 59.0 Å². The molecular weight excluding hydrogens is 222 g/mol. The predicted octanol–water partition coefficient (Wildman–Crippen LogP) is 3.36. The Morgan fingerprint density at radius 2 is 2.22 bits per heavy atom. The molecule has 0 bridgehead atoms. The Labute approximate surface area is 110 Å². The maximum absolute atomic E-state index is 4.58. The van der Waals surface area contributed by atoms with Gasteiger partial charge in [0.25, 0.3) is 0 Å². The van der Waals surface area contributed by atoms with Crippen molar-refractivity contribution in [3.8, 4) is 0 Å². The molecule has 3 heteroatoms. The maximum atomic E-state index is 4.58. The van der Waals surface area contributed by atoms with Crippen LogP contribution in [-0.2, 0) is 6.54 Å². The van der Waals surface area contributed by atoms with Gasteiger partial charge >= 0.3 is 0 Å². The second-order valence-corrected chi connectivity index (χ2v) is 5.04. The zero-order valence-corrected chi connectivity index (χ0v) is 11.9. The van der Waals surface area contributed by atoms with Crippen molar-refractivity contribution in [1.29, 1.82) is 0 Å². The fraction of sp³-hybridized carbons (Fsp3) is 0.667. The fourth-order valence-electron chi connectivity index (χ4n) is 2.81. The number of nitrogens with zero attached hydrogens (tertiary/aromatic N) is 2. The largest absolute Gasteiger partial charge is 0.306 e. The normalized spacial score (nSPS) is 17.6. The van der Waals surface area contributed by atoms with Crippen molar-refractivity contribution in [2.75, 3.05) is 6.54 Å². The van der Waals surface area contributed by atoms with Gasteiger partial charge in [-0.05, 0) is 52.1 Å². The van der Waals surface area contributed by atoms with Crippen molar-refractivity contribution < 1.29 is 0 Å². The number of allylic oxidation sites excluding steroid dienone is 1. The molecule has 0 amide bonds. The van der Waals surface area contributed by atoms with E-state index in [1.54, 1.807) is 5.57 Å². The Morgan fingerprint density at radius 3 is 2.83 bits per heavy atom. The third kappa shape index (κ3) is 2.83. The number of likely N-dealkylation sites (N-methyl/N-ethyl adjacent to an activating group) is 1. The van der Waals surface area contributed by atoms with Crippen LogP contribution in [0, 0.1) is 6.92 Å². The van der Waals surface area contributed by atoms with Crippen LogP contribution >= 0.6 is 0 Å². The van der Waals surface area contributed by atoms with Gasteiger partial charge in [0.05, 0.1) is 17.4 Å². The molecule has 1 heterocycles. The molecule has 3 nitrogen and oxygen atoms in total. The molecule has 0 aromatic carbocycles. The van der Waals surface area contributed by atoms with Gasteiger partial charge in [0, 0.05) is 6.54 Å². The van der Waals surface area contributed by atoms with E-state index in [1.807, 2.05) is 0 Å². The molecule has 0 saturated heterocycles. The van der Waals surface area contributed by atoms with Gasteiger partial charge < -0.3 is 5.32 Å². The van der Waals surface area contributed by atoms with E-state index >= 15 is 0 Å². The van der Waals surface area contributed by atoms with Gasteiger partial charge in [-0.3, -0.25) is 4.68 Å². The minimum absolute atomic E-state index is 0.358. The lowest BCUT2D eigenvalue weighted by Gasteiger charge is -2.24. The molecule has 1 aliphatic carbocycles. The summed E-state index contributed by atoms with van der Waals surface area (Å²) in [5, 5.41) is 8.20. The van der Waals surface area contributed by atoms with Gasteiger partial charge in [-0.25, -0.2) is 0 Å². The molecular formula is C15H25N3. The van der Waals surface area contributed by atoms with Crippen LogP contribution in [0.1, 0.15) is 57.0 Å². The fourth-order valence-corrected chi connectivity index (χ4v) is 2.81. The molecule has 0 spiro atoms. The Kier molecular flexibility index (Phi) is 4.59. The Bertz CT molecular complexity index is 417. The molecule has 0 aliphatic heterocycles. The molecule has 0 radical (unpaired) electrons. The zero-order valence-electron chi connectivity index (χ0n) is 11.9. The first-order chi connectivity index (χ1) is 8.76. The standard InChI is InChI=1S/C15H25N3/c1-4-16-15(13-9-7-6-8-10-13)14-11-12(3)17-18(14)5-2/h9,11,15-16H,4-8,10H2,1-3H3. The van der Waals surface area contributed by atoms with Crippen LogP contribution < -0.4 is 5.32 Å². The van der Waals surface area contributed by atoms with Crippen LogP contribution in [0.4, 0.5) is 0 Å². The summed E-state index contributed by atoms with van der Waals surface area (Å²) >= 11 is 0. The monoisotopic (exact) mass is 247 g/mol. The number of nitrogens with one attached hydrogen (secondary N) is 1. The SMILES string of the molecule is CCNC(C1=CCCCC1)c1cc(C)nn1CC. The minimum Gasteiger partial charge on any atom is -0.306 e. The summed E-state index contributed by atoms with van der Waals surface area (Å²) < 4.78 is 2.14. The zero-order chi connectivity index (χ0) is 13.0. The van der Waals surface area contributed by atoms with Crippen LogP contribution in [0.3, 0.4) is 0 Å². The van der Waals surface area contributed by atoms with Gasteiger partial charge in [-0.15, -0.1) is 0 Å². The maximum Gasteiger partial charge on any atom is 0.0707 e. The van der Waals surface area contributed by atoms with Crippen LogP contribution in [0.2, 0.25) is 0 Å². The van der Waals surface area contributed by atoms with Crippen LogP contribution in [-0.4, -0.2) is 16.3 Å². The molecule has 1 aromatic heterocycles. The number of hydrogen-bond acceptors (Lipinski definition) is 2. The van der Waals surface area contributed by atoms with E-state index in [-0.39, 0.29) is 0 Å².